The number of carbonyl (C=O) groups is 3. The molecule has 1 atom stereocenters. The molecule has 3 amide bonds. The first-order chi connectivity index (χ1) is 26.8. The summed E-state index contributed by atoms with van der Waals surface area (Å²) in [7, 11) is -1.95. The van der Waals surface area contributed by atoms with Crippen molar-refractivity contribution in [3.8, 4) is 5.75 Å². The summed E-state index contributed by atoms with van der Waals surface area (Å²) in [5, 5.41) is 8.34. The van der Waals surface area contributed by atoms with E-state index in [2.05, 4.69) is 49.9 Å². The second kappa shape index (κ2) is 16.2. The number of likely N-dealkylation sites (tertiary alicyclic amines) is 1. The fraction of sp³-hybridized carbons (Fsp3) is 0.390. The molecular formula is C41H46ClN7O6S. The van der Waals surface area contributed by atoms with E-state index >= 15 is 0 Å². The van der Waals surface area contributed by atoms with Gasteiger partial charge in [-0.15, -0.1) is 0 Å². The zero-order valence-electron chi connectivity index (χ0n) is 31.9. The Morgan fingerprint density at radius 3 is 2.50 bits per heavy atom. The van der Waals surface area contributed by atoms with E-state index in [0.29, 0.717) is 41.6 Å². The van der Waals surface area contributed by atoms with E-state index in [1.807, 2.05) is 18.2 Å². The van der Waals surface area contributed by atoms with Gasteiger partial charge < -0.3 is 25.2 Å². The van der Waals surface area contributed by atoms with E-state index in [1.165, 1.54) is 17.3 Å². The van der Waals surface area contributed by atoms with Crippen LogP contribution < -0.4 is 20.7 Å². The maximum absolute atomic E-state index is 13.2. The number of sulfone groups is 1. The molecule has 0 aliphatic carbocycles. The second-order valence-electron chi connectivity index (χ2n) is 14.9. The quantitative estimate of drug-likeness (QED) is 0.138. The Balaban J connectivity index is 0.959. The number of ether oxygens (including phenoxy) is 1. The predicted molar refractivity (Wildman–Crippen MR) is 215 cm³/mol. The van der Waals surface area contributed by atoms with Crippen LogP contribution in [0.4, 0.5) is 23.1 Å². The lowest BCUT2D eigenvalue weighted by Crippen LogP contribution is -2.52. The summed E-state index contributed by atoms with van der Waals surface area (Å²) < 4.78 is 31.8. The van der Waals surface area contributed by atoms with Crippen LogP contribution in [-0.2, 0) is 32.4 Å². The number of nitrogens with one attached hydrogen (secondary N) is 3. The van der Waals surface area contributed by atoms with Gasteiger partial charge in [0.05, 0.1) is 34.8 Å². The number of benzene rings is 3. The smallest absolute Gasteiger partial charge is 0.255 e. The standard InChI is InChI=1S/C41H46ClN7O6S/c1-24(2)56(53,54)36-8-6-5-7-32(36)44-38-31(42)22-43-41(47-38)45-33-19-25(3)27(21-35(33)55-4)15-18-48-16-13-26(14-17-48)28-9-10-30-29(20-28)23-49(40(30)52)34-11-12-37(50)46-39(34)51/h5-10,19-22,24,26,34H,11-18,23H2,1-4H3,(H,46,50,51)(H2,43,44,45,47). The van der Waals surface area contributed by atoms with Gasteiger partial charge >= 0.3 is 0 Å². The first-order valence-corrected chi connectivity index (χ1v) is 20.8. The first kappa shape index (κ1) is 39.2. The summed E-state index contributed by atoms with van der Waals surface area (Å²) >= 11 is 6.46. The lowest BCUT2D eigenvalue weighted by atomic mass is 9.87. The van der Waals surface area contributed by atoms with Gasteiger partial charge in [0.25, 0.3) is 5.91 Å². The number of rotatable bonds is 12. The van der Waals surface area contributed by atoms with Gasteiger partial charge in [-0.25, -0.2) is 13.4 Å². The number of piperidine rings is 2. The molecule has 0 radical (unpaired) electrons. The minimum Gasteiger partial charge on any atom is -0.495 e. The summed E-state index contributed by atoms with van der Waals surface area (Å²) in [5.41, 5.74) is 6.12. The molecule has 4 aromatic rings. The number of aromatic nitrogens is 2. The topological polar surface area (TPSA) is 163 Å². The number of anilines is 4. The molecule has 3 N–H and O–H groups in total. The van der Waals surface area contributed by atoms with Crippen molar-refractivity contribution in [2.45, 2.75) is 81.5 Å². The molecule has 3 aliphatic rings. The van der Waals surface area contributed by atoms with Crippen molar-refractivity contribution in [1.29, 1.82) is 0 Å². The van der Waals surface area contributed by atoms with Gasteiger partial charge in [0.2, 0.25) is 17.8 Å². The number of aryl methyl sites for hydroxylation is 1. The molecule has 3 aromatic carbocycles. The molecule has 0 bridgehead atoms. The number of hydrogen-bond acceptors (Lipinski definition) is 11. The number of amides is 3. The number of nitrogens with zero attached hydrogens (tertiary/aromatic N) is 4. The van der Waals surface area contributed by atoms with Crippen LogP contribution in [-0.4, -0.2) is 83.9 Å². The number of halogens is 1. The number of imide groups is 1. The molecule has 294 valence electrons. The molecule has 4 heterocycles. The highest BCUT2D eigenvalue weighted by Gasteiger charge is 2.39. The Morgan fingerprint density at radius 2 is 1.77 bits per heavy atom. The summed E-state index contributed by atoms with van der Waals surface area (Å²) in [6.45, 7) is 8.54. The highest BCUT2D eigenvalue weighted by atomic mass is 35.5. The summed E-state index contributed by atoms with van der Waals surface area (Å²) in [6, 6.07) is 16.2. The van der Waals surface area contributed by atoms with Gasteiger partial charge in [-0.2, -0.15) is 4.98 Å². The molecule has 3 aliphatic heterocycles. The largest absolute Gasteiger partial charge is 0.495 e. The van der Waals surface area contributed by atoms with Gasteiger partial charge in [-0.3, -0.25) is 19.7 Å². The lowest BCUT2D eigenvalue weighted by molar-refractivity contribution is -0.136. The SMILES string of the molecule is COc1cc(CCN2CCC(c3ccc4c(c3)CN(C3CCC(=O)NC3=O)C4=O)CC2)c(C)cc1Nc1ncc(Cl)c(Nc2ccccc2S(=O)(=O)C(C)C)n1. The van der Waals surface area contributed by atoms with Crippen molar-refractivity contribution in [3.63, 3.8) is 0 Å². The van der Waals surface area contributed by atoms with Crippen LogP contribution in [0.1, 0.15) is 78.1 Å². The Labute approximate surface area is 332 Å². The monoisotopic (exact) mass is 799 g/mol. The van der Waals surface area contributed by atoms with Gasteiger partial charge in [0.15, 0.2) is 15.7 Å². The van der Waals surface area contributed by atoms with E-state index < -0.39 is 27.0 Å². The van der Waals surface area contributed by atoms with Crippen molar-refractivity contribution >= 4 is 62.3 Å². The third kappa shape index (κ3) is 8.09. The van der Waals surface area contributed by atoms with Gasteiger partial charge in [-0.05, 0) is 118 Å². The van der Waals surface area contributed by atoms with Crippen LogP contribution in [0.15, 0.2) is 65.7 Å². The predicted octanol–water partition coefficient (Wildman–Crippen LogP) is 6.30. The molecule has 1 unspecified atom stereocenters. The van der Waals surface area contributed by atoms with Gasteiger partial charge in [0, 0.05) is 25.1 Å². The van der Waals surface area contributed by atoms with Crippen molar-refractivity contribution < 1.29 is 27.5 Å². The molecule has 2 fully saturated rings. The van der Waals surface area contributed by atoms with Gasteiger partial charge in [0.1, 0.15) is 16.8 Å². The van der Waals surface area contributed by atoms with Crippen molar-refractivity contribution in [1.82, 2.24) is 25.1 Å². The summed E-state index contributed by atoms with van der Waals surface area (Å²) in [4.78, 5) is 50.4. The Bertz CT molecular complexity index is 2290. The third-order valence-electron chi connectivity index (χ3n) is 11.0. The van der Waals surface area contributed by atoms with E-state index in [9.17, 15) is 22.8 Å². The number of methoxy groups -OCH3 is 1. The maximum atomic E-state index is 13.2. The zero-order valence-corrected chi connectivity index (χ0v) is 33.5. The zero-order chi connectivity index (χ0) is 39.7. The molecule has 0 saturated carbocycles. The molecule has 2 saturated heterocycles. The van der Waals surface area contributed by atoms with Gasteiger partial charge in [-0.1, -0.05) is 35.9 Å². The van der Waals surface area contributed by atoms with Crippen LogP contribution in [0.2, 0.25) is 5.02 Å². The maximum Gasteiger partial charge on any atom is 0.255 e. The van der Waals surface area contributed by atoms with Crippen LogP contribution in [0.3, 0.4) is 0 Å². The Morgan fingerprint density at radius 1 is 1.00 bits per heavy atom. The van der Waals surface area contributed by atoms with Crippen molar-refractivity contribution in [2.24, 2.45) is 0 Å². The molecule has 15 heteroatoms. The van der Waals surface area contributed by atoms with E-state index in [1.54, 1.807) is 50.1 Å². The highest BCUT2D eigenvalue weighted by molar-refractivity contribution is 7.92. The number of carbonyl (C=O) groups excluding carboxylic acids is 3. The molecular weight excluding hydrogens is 754 g/mol. The average Bonchev–Trinajstić information content (AvgIpc) is 3.50. The lowest BCUT2D eigenvalue weighted by Gasteiger charge is -2.32. The summed E-state index contributed by atoms with van der Waals surface area (Å²) in [5.74, 6) is 0.712. The molecule has 0 spiro atoms. The third-order valence-corrected chi connectivity index (χ3v) is 13.5. The minimum atomic E-state index is -3.57. The highest BCUT2D eigenvalue weighted by Crippen LogP contribution is 2.36. The second-order valence-corrected chi connectivity index (χ2v) is 17.8. The van der Waals surface area contributed by atoms with E-state index in [0.717, 1.165) is 50.0 Å². The van der Waals surface area contributed by atoms with E-state index in [-0.39, 0.29) is 39.9 Å². The number of fused-ring (bicyclic) bond motifs is 1. The van der Waals surface area contributed by atoms with E-state index in [4.69, 9.17) is 16.3 Å². The molecule has 7 rings (SSSR count). The fourth-order valence-electron chi connectivity index (χ4n) is 7.72. The Kier molecular flexibility index (Phi) is 11.3. The summed E-state index contributed by atoms with van der Waals surface area (Å²) in [6.07, 6.45) is 4.90. The molecule has 1 aromatic heterocycles. The number of para-hydroxylation sites is 1. The van der Waals surface area contributed by atoms with Crippen molar-refractivity contribution in [2.75, 3.05) is 37.4 Å². The first-order valence-electron chi connectivity index (χ1n) is 18.9. The van der Waals surface area contributed by atoms with Crippen LogP contribution in [0.25, 0.3) is 0 Å². The molecule has 13 nitrogen and oxygen atoms in total. The van der Waals surface area contributed by atoms with Crippen LogP contribution in [0, 0.1) is 6.92 Å². The average molecular weight is 800 g/mol. The Hall–Kier alpha value is -5.05. The minimum absolute atomic E-state index is 0.146. The van der Waals surface area contributed by atoms with Crippen LogP contribution >= 0.6 is 11.6 Å². The normalized spacial score (nSPS) is 17.9. The number of hydrogen-bond donors (Lipinski definition) is 3. The van der Waals surface area contributed by atoms with Crippen LogP contribution in [0.5, 0.6) is 5.75 Å². The van der Waals surface area contributed by atoms with Crippen molar-refractivity contribution in [3.05, 3.63) is 93.6 Å². The molecule has 56 heavy (non-hydrogen) atoms. The fourth-order valence-corrected chi connectivity index (χ4v) is 9.06.